The molecule has 6 heteroatoms. The van der Waals surface area contributed by atoms with E-state index < -0.39 is 8.32 Å². The van der Waals surface area contributed by atoms with Gasteiger partial charge in [-0.1, -0.05) is 111 Å². The van der Waals surface area contributed by atoms with E-state index in [1.165, 1.54) is 20.8 Å². The van der Waals surface area contributed by atoms with Crippen molar-refractivity contribution in [3.63, 3.8) is 0 Å². The van der Waals surface area contributed by atoms with E-state index in [1.807, 2.05) is 24.3 Å². The van der Waals surface area contributed by atoms with Crippen LogP contribution in [0, 0.1) is 5.92 Å². The summed E-state index contributed by atoms with van der Waals surface area (Å²) < 4.78 is 7.34. The third-order valence-electron chi connectivity index (χ3n) is 8.36. The minimum absolute atomic E-state index is 0.0991. The Balaban J connectivity index is 1.36. The van der Waals surface area contributed by atoms with Crippen molar-refractivity contribution in [2.24, 2.45) is 5.92 Å². The van der Waals surface area contributed by atoms with Crippen LogP contribution >= 0.6 is 22.9 Å². The second kappa shape index (κ2) is 10.9. The van der Waals surface area contributed by atoms with E-state index in [-0.39, 0.29) is 17.0 Å². The molecule has 2 heterocycles. The number of thiophene rings is 1. The summed E-state index contributed by atoms with van der Waals surface area (Å²) in [5.41, 5.74) is 2.20. The maximum atomic E-state index is 13.6. The molecule has 206 valence electrons. The fraction of sp³-hybridized carbons (Fsp3) is 0.324. The SMILES string of the molecule is CC(C)(C)[Si](Oc1cc2c(s1)CCN(C(C(=O)C1CC1)c1ccccc1Cl)C2)(c1ccccc1)c1ccccc1. The molecule has 1 aromatic heterocycles. The van der Waals surface area contributed by atoms with Crippen molar-refractivity contribution in [2.45, 2.75) is 57.7 Å². The molecule has 1 atom stereocenters. The van der Waals surface area contributed by atoms with Crippen molar-refractivity contribution >= 4 is 47.4 Å². The maximum Gasteiger partial charge on any atom is 0.321 e. The van der Waals surface area contributed by atoms with Crippen LogP contribution in [0.2, 0.25) is 10.1 Å². The Kier molecular flexibility index (Phi) is 7.51. The second-order valence-corrected chi connectivity index (χ2v) is 17.8. The van der Waals surface area contributed by atoms with E-state index >= 15 is 0 Å². The highest BCUT2D eigenvalue weighted by atomic mass is 35.5. The van der Waals surface area contributed by atoms with Crippen LogP contribution in [0.4, 0.5) is 0 Å². The summed E-state index contributed by atoms with van der Waals surface area (Å²) in [5, 5.41) is 4.10. The molecular formula is C34H36ClNO2SSi. The normalized spacial score (nSPS) is 16.8. The van der Waals surface area contributed by atoms with E-state index in [0.29, 0.717) is 10.8 Å². The van der Waals surface area contributed by atoms with Gasteiger partial charge in [0.25, 0.3) is 0 Å². The largest absolute Gasteiger partial charge is 0.527 e. The lowest BCUT2D eigenvalue weighted by Gasteiger charge is -2.42. The van der Waals surface area contributed by atoms with Gasteiger partial charge in [-0.15, -0.1) is 11.3 Å². The van der Waals surface area contributed by atoms with Crippen molar-refractivity contribution < 1.29 is 9.22 Å². The zero-order valence-corrected chi connectivity index (χ0v) is 26.0. The van der Waals surface area contributed by atoms with E-state index in [2.05, 4.69) is 92.4 Å². The number of hydrogen-bond acceptors (Lipinski definition) is 4. The van der Waals surface area contributed by atoms with E-state index in [9.17, 15) is 4.79 Å². The quantitative estimate of drug-likeness (QED) is 0.202. The number of fused-ring (bicyclic) bond motifs is 1. The molecule has 0 bridgehead atoms. The first kappa shape index (κ1) is 27.5. The molecule has 1 saturated carbocycles. The van der Waals surface area contributed by atoms with Crippen molar-refractivity contribution in [3.05, 3.63) is 112 Å². The fourth-order valence-corrected chi connectivity index (χ4v) is 12.2. The number of hydrogen-bond donors (Lipinski definition) is 0. The molecule has 1 unspecified atom stereocenters. The smallest absolute Gasteiger partial charge is 0.321 e. The molecule has 0 saturated heterocycles. The lowest BCUT2D eigenvalue weighted by atomic mass is 9.95. The Morgan fingerprint density at radius 1 is 0.950 bits per heavy atom. The molecule has 0 spiro atoms. The van der Waals surface area contributed by atoms with Crippen LogP contribution in [-0.2, 0) is 17.8 Å². The number of rotatable bonds is 8. The maximum absolute atomic E-state index is 13.6. The third kappa shape index (κ3) is 5.09. The van der Waals surface area contributed by atoms with Gasteiger partial charge in [0.15, 0.2) is 10.8 Å². The molecule has 0 radical (unpaired) electrons. The lowest BCUT2D eigenvalue weighted by molar-refractivity contribution is -0.126. The molecule has 1 aliphatic heterocycles. The number of halogens is 1. The number of nitrogens with zero attached hydrogens (tertiary/aromatic N) is 1. The molecule has 0 N–H and O–H groups in total. The van der Waals surface area contributed by atoms with E-state index in [4.69, 9.17) is 16.0 Å². The average Bonchev–Trinajstić information content (AvgIpc) is 3.73. The van der Waals surface area contributed by atoms with E-state index in [1.54, 1.807) is 11.3 Å². The topological polar surface area (TPSA) is 29.5 Å². The Morgan fingerprint density at radius 2 is 1.55 bits per heavy atom. The highest BCUT2D eigenvalue weighted by Crippen LogP contribution is 2.44. The first-order valence-electron chi connectivity index (χ1n) is 14.2. The van der Waals surface area contributed by atoms with Gasteiger partial charge in [0.1, 0.15) is 0 Å². The summed E-state index contributed by atoms with van der Waals surface area (Å²) in [6.07, 6.45) is 2.89. The van der Waals surface area contributed by atoms with E-state index in [0.717, 1.165) is 43.0 Å². The molecule has 6 rings (SSSR count). The van der Waals surface area contributed by atoms with Crippen molar-refractivity contribution in [3.8, 4) is 5.06 Å². The molecule has 40 heavy (non-hydrogen) atoms. The molecule has 0 amide bonds. The Bertz CT molecular complexity index is 1450. The monoisotopic (exact) mass is 585 g/mol. The zero-order chi connectivity index (χ0) is 27.9. The predicted molar refractivity (Wildman–Crippen MR) is 169 cm³/mol. The molecule has 2 aliphatic rings. The Morgan fingerprint density at radius 3 is 2.12 bits per heavy atom. The van der Waals surface area contributed by atoms with Gasteiger partial charge in [-0.2, -0.15) is 0 Å². The number of carbonyl (C=O) groups excluding carboxylic acids is 1. The van der Waals surface area contributed by atoms with Crippen molar-refractivity contribution in [1.29, 1.82) is 0 Å². The van der Waals surface area contributed by atoms with Gasteiger partial charge in [-0.25, -0.2) is 0 Å². The number of carbonyl (C=O) groups is 1. The summed E-state index contributed by atoms with van der Waals surface area (Å²) in [6.45, 7) is 8.50. The van der Waals surface area contributed by atoms with Gasteiger partial charge in [-0.3, -0.25) is 9.69 Å². The van der Waals surface area contributed by atoms with Gasteiger partial charge in [-0.05, 0) is 57.9 Å². The molecule has 3 aromatic carbocycles. The van der Waals surface area contributed by atoms with Crippen LogP contribution in [0.25, 0.3) is 0 Å². The van der Waals surface area contributed by atoms with Gasteiger partial charge >= 0.3 is 8.32 Å². The number of ketones is 1. The first-order chi connectivity index (χ1) is 19.3. The minimum Gasteiger partial charge on any atom is -0.527 e. The van der Waals surface area contributed by atoms with Crippen LogP contribution in [0.3, 0.4) is 0 Å². The van der Waals surface area contributed by atoms with Crippen molar-refractivity contribution in [1.82, 2.24) is 4.90 Å². The summed E-state index contributed by atoms with van der Waals surface area (Å²) in [5.74, 6) is 0.481. The van der Waals surface area contributed by atoms with Crippen LogP contribution in [0.5, 0.6) is 5.06 Å². The third-order valence-corrected chi connectivity index (χ3v) is 14.9. The summed E-state index contributed by atoms with van der Waals surface area (Å²) >= 11 is 8.43. The van der Waals surface area contributed by atoms with Crippen LogP contribution in [0.15, 0.2) is 91.0 Å². The van der Waals surface area contributed by atoms with Crippen LogP contribution in [0.1, 0.15) is 55.7 Å². The minimum atomic E-state index is -2.70. The Hall–Kier alpha value is -2.70. The molecule has 4 aromatic rings. The lowest BCUT2D eigenvalue weighted by Crippen LogP contribution is -2.68. The molecular weight excluding hydrogens is 550 g/mol. The molecule has 3 nitrogen and oxygen atoms in total. The zero-order valence-electron chi connectivity index (χ0n) is 23.4. The molecule has 1 fully saturated rings. The number of Topliss-reactive ketones (excluding diaryl/α,β-unsaturated/α-hetero) is 1. The van der Waals surface area contributed by atoms with Gasteiger partial charge in [0, 0.05) is 28.9 Å². The standard InChI is InChI=1S/C34H36ClNO2SSi/c1-34(2,3)40(26-12-6-4-7-13-26,27-14-8-5-9-15-27)38-31-22-25-23-36(21-20-30(25)39-31)32(33(37)24-18-19-24)28-16-10-11-17-29(28)35/h4-17,22,24,32H,18-21,23H2,1-3H3. The highest BCUT2D eigenvalue weighted by Gasteiger charge is 2.52. The summed E-state index contributed by atoms with van der Waals surface area (Å²) in [4.78, 5) is 17.3. The Labute approximate surface area is 247 Å². The van der Waals surface area contributed by atoms with Gasteiger partial charge in [0.05, 0.1) is 6.04 Å². The predicted octanol–water partition coefficient (Wildman–Crippen LogP) is 7.42. The summed E-state index contributed by atoms with van der Waals surface area (Å²) in [7, 11) is -2.70. The number of benzene rings is 3. The van der Waals surface area contributed by atoms with Gasteiger partial charge in [0.2, 0.25) is 0 Å². The van der Waals surface area contributed by atoms with Crippen LogP contribution < -0.4 is 14.8 Å². The molecule has 1 aliphatic carbocycles. The first-order valence-corrected chi connectivity index (χ1v) is 17.3. The highest BCUT2D eigenvalue weighted by molar-refractivity contribution is 7.15. The van der Waals surface area contributed by atoms with Crippen LogP contribution in [-0.4, -0.2) is 25.5 Å². The summed E-state index contributed by atoms with van der Waals surface area (Å²) in [6, 6.07) is 31.4. The second-order valence-electron chi connectivity index (χ2n) is 12.1. The average molecular weight is 586 g/mol. The fourth-order valence-electron chi connectivity index (χ4n) is 6.22. The van der Waals surface area contributed by atoms with Crippen molar-refractivity contribution in [2.75, 3.05) is 6.54 Å². The van der Waals surface area contributed by atoms with Gasteiger partial charge < -0.3 is 4.43 Å².